The summed E-state index contributed by atoms with van der Waals surface area (Å²) in [6.45, 7) is 1.19. The number of carbonyl (C=O) groups is 2. The van der Waals surface area contributed by atoms with Crippen LogP contribution in [-0.4, -0.2) is 41.1 Å². The number of rotatable bonds is 8. The molecule has 0 bridgehead atoms. The SMILES string of the molecule is O=C(COc1ccc(Cl)cc1)NCCc1nc2ccccc2n1CC(=O)N1CCCc2ccccc21. The van der Waals surface area contributed by atoms with Crippen LogP contribution in [0, 0.1) is 0 Å². The third-order valence-electron chi connectivity index (χ3n) is 6.29. The van der Waals surface area contributed by atoms with Gasteiger partial charge in [0.1, 0.15) is 18.1 Å². The van der Waals surface area contributed by atoms with Gasteiger partial charge in [-0.05, 0) is 60.9 Å². The molecule has 8 heteroatoms. The van der Waals surface area contributed by atoms with Gasteiger partial charge in [-0.15, -0.1) is 0 Å². The van der Waals surface area contributed by atoms with Crippen molar-refractivity contribution in [1.82, 2.24) is 14.9 Å². The molecular weight excluding hydrogens is 476 g/mol. The van der Waals surface area contributed by atoms with Crippen LogP contribution in [0.5, 0.6) is 5.75 Å². The maximum absolute atomic E-state index is 13.4. The van der Waals surface area contributed by atoms with Crippen LogP contribution in [0.1, 0.15) is 17.8 Å². The minimum Gasteiger partial charge on any atom is -0.484 e. The molecule has 1 aliphatic rings. The number of aryl methyl sites for hydroxylation is 1. The Labute approximate surface area is 214 Å². The van der Waals surface area contributed by atoms with E-state index in [2.05, 4.69) is 11.4 Å². The van der Waals surface area contributed by atoms with Crippen molar-refractivity contribution in [3.05, 3.63) is 89.2 Å². The Morgan fingerprint density at radius 3 is 2.64 bits per heavy atom. The Hall–Kier alpha value is -3.84. The van der Waals surface area contributed by atoms with Crippen LogP contribution >= 0.6 is 11.6 Å². The molecule has 0 aliphatic carbocycles. The second kappa shape index (κ2) is 10.8. The Balaban J connectivity index is 1.25. The predicted octanol–water partition coefficient (Wildman–Crippen LogP) is 4.41. The number of halogens is 1. The van der Waals surface area contributed by atoms with Gasteiger partial charge in [0, 0.05) is 30.2 Å². The van der Waals surface area contributed by atoms with Crippen LogP contribution in [-0.2, 0) is 29.0 Å². The first-order valence-electron chi connectivity index (χ1n) is 12.1. The molecule has 1 aliphatic heterocycles. The summed E-state index contributed by atoms with van der Waals surface area (Å²) in [5.74, 6) is 1.14. The van der Waals surface area contributed by atoms with E-state index in [0.717, 1.165) is 35.4 Å². The number of nitrogens with one attached hydrogen (secondary N) is 1. The Morgan fingerprint density at radius 1 is 1.00 bits per heavy atom. The number of para-hydroxylation sites is 3. The molecule has 184 valence electrons. The van der Waals surface area contributed by atoms with Crippen molar-refractivity contribution in [3.63, 3.8) is 0 Å². The molecule has 0 saturated carbocycles. The Bertz CT molecular complexity index is 1380. The van der Waals surface area contributed by atoms with Crippen LogP contribution < -0.4 is 15.0 Å². The molecule has 5 rings (SSSR count). The molecule has 0 saturated heterocycles. The van der Waals surface area contributed by atoms with Crippen molar-refractivity contribution in [2.24, 2.45) is 0 Å². The van der Waals surface area contributed by atoms with Gasteiger partial charge in [0.25, 0.3) is 5.91 Å². The summed E-state index contributed by atoms with van der Waals surface area (Å²) in [5, 5.41) is 3.48. The van der Waals surface area contributed by atoms with Crippen LogP contribution in [0.4, 0.5) is 5.69 Å². The number of carbonyl (C=O) groups excluding carboxylic acids is 2. The number of benzene rings is 3. The second-order valence-corrected chi connectivity index (χ2v) is 9.16. The van der Waals surface area contributed by atoms with Crippen LogP contribution in [0.3, 0.4) is 0 Å². The van der Waals surface area contributed by atoms with Gasteiger partial charge in [0.15, 0.2) is 6.61 Å². The molecule has 0 spiro atoms. The normalized spacial score (nSPS) is 12.9. The molecular formula is C28H27ClN4O3. The van der Waals surface area contributed by atoms with Gasteiger partial charge in [-0.2, -0.15) is 0 Å². The first-order chi connectivity index (χ1) is 17.6. The monoisotopic (exact) mass is 502 g/mol. The molecule has 0 radical (unpaired) electrons. The second-order valence-electron chi connectivity index (χ2n) is 8.72. The summed E-state index contributed by atoms with van der Waals surface area (Å²) in [6.07, 6.45) is 2.43. The molecule has 2 amide bonds. The van der Waals surface area contributed by atoms with E-state index in [-0.39, 0.29) is 25.0 Å². The van der Waals surface area contributed by atoms with Crippen LogP contribution in [0.25, 0.3) is 11.0 Å². The fourth-order valence-electron chi connectivity index (χ4n) is 4.55. The van der Waals surface area contributed by atoms with Crippen molar-refractivity contribution in [3.8, 4) is 5.75 Å². The number of hydrogen-bond acceptors (Lipinski definition) is 4. The fourth-order valence-corrected chi connectivity index (χ4v) is 4.68. The maximum Gasteiger partial charge on any atom is 0.257 e. The average molecular weight is 503 g/mol. The zero-order valence-corrected chi connectivity index (χ0v) is 20.6. The number of nitrogens with zero attached hydrogens (tertiary/aromatic N) is 3. The quantitative estimate of drug-likeness (QED) is 0.387. The zero-order chi connectivity index (χ0) is 24.9. The highest BCUT2D eigenvalue weighted by molar-refractivity contribution is 6.30. The zero-order valence-electron chi connectivity index (χ0n) is 19.8. The molecule has 0 atom stereocenters. The van der Waals surface area contributed by atoms with Crippen molar-refractivity contribution >= 4 is 40.1 Å². The maximum atomic E-state index is 13.4. The van der Waals surface area contributed by atoms with Gasteiger partial charge in [-0.25, -0.2) is 4.98 Å². The van der Waals surface area contributed by atoms with Crippen molar-refractivity contribution < 1.29 is 14.3 Å². The minimum atomic E-state index is -0.228. The number of ether oxygens (including phenoxy) is 1. The highest BCUT2D eigenvalue weighted by atomic mass is 35.5. The number of imidazole rings is 1. The number of hydrogen-bond donors (Lipinski definition) is 1. The van der Waals surface area contributed by atoms with Crippen molar-refractivity contribution in [2.45, 2.75) is 25.8 Å². The summed E-state index contributed by atoms with van der Waals surface area (Å²) in [4.78, 5) is 32.3. The Kier molecular flexibility index (Phi) is 7.18. The summed E-state index contributed by atoms with van der Waals surface area (Å²) in [6, 6.07) is 22.7. The Morgan fingerprint density at radius 2 is 1.78 bits per heavy atom. The van der Waals surface area contributed by atoms with Gasteiger partial charge >= 0.3 is 0 Å². The predicted molar refractivity (Wildman–Crippen MR) is 141 cm³/mol. The third-order valence-corrected chi connectivity index (χ3v) is 6.54. The van der Waals surface area contributed by atoms with Crippen LogP contribution in [0.2, 0.25) is 5.02 Å². The topological polar surface area (TPSA) is 76.5 Å². The van der Waals surface area contributed by atoms with Crippen molar-refractivity contribution in [1.29, 1.82) is 0 Å². The highest BCUT2D eigenvalue weighted by Crippen LogP contribution is 2.27. The molecule has 1 N–H and O–H groups in total. The van der Waals surface area contributed by atoms with E-state index >= 15 is 0 Å². The molecule has 0 fully saturated rings. The lowest BCUT2D eigenvalue weighted by Gasteiger charge is -2.29. The smallest absolute Gasteiger partial charge is 0.257 e. The van der Waals surface area contributed by atoms with E-state index in [1.54, 1.807) is 24.3 Å². The molecule has 2 heterocycles. The number of amides is 2. The first-order valence-corrected chi connectivity index (χ1v) is 12.4. The average Bonchev–Trinajstić information content (AvgIpc) is 3.25. The summed E-state index contributed by atoms with van der Waals surface area (Å²) in [5.41, 5.74) is 3.93. The summed E-state index contributed by atoms with van der Waals surface area (Å²) in [7, 11) is 0. The molecule has 1 aromatic heterocycles. The van der Waals surface area contributed by atoms with Gasteiger partial charge in [-0.1, -0.05) is 41.9 Å². The van der Waals surface area contributed by atoms with Crippen LogP contribution in [0.15, 0.2) is 72.8 Å². The van der Waals surface area contributed by atoms with Gasteiger partial charge in [-0.3, -0.25) is 9.59 Å². The molecule has 36 heavy (non-hydrogen) atoms. The standard InChI is InChI=1S/C28H27ClN4O3/c29-21-11-13-22(14-12-21)36-19-27(34)30-16-15-26-31-23-8-2-4-10-25(23)33(26)18-28(35)32-17-5-7-20-6-1-3-9-24(20)32/h1-4,6,8-14H,5,7,15-19H2,(H,30,34). The van der Waals surface area contributed by atoms with E-state index < -0.39 is 0 Å². The molecule has 3 aromatic carbocycles. The molecule has 0 unspecified atom stereocenters. The lowest BCUT2D eigenvalue weighted by atomic mass is 10.0. The van der Waals surface area contributed by atoms with E-state index in [1.807, 2.05) is 51.9 Å². The number of fused-ring (bicyclic) bond motifs is 2. The summed E-state index contributed by atoms with van der Waals surface area (Å²) >= 11 is 5.87. The minimum absolute atomic E-state index is 0.0342. The molecule has 4 aromatic rings. The number of anilines is 1. The highest BCUT2D eigenvalue weighted by Gasteiger charge is 2.24. The van der Waals surface area contributed by atoms with E-state index in [0.29, 0.717) is 30.3 Å². The largest absolute Gasteiger partial charge is 0.484 e. The third kappa shape index (κ3) is 5.36. The van der Waals surface area contributed by atoms with E-state index in [4.69, 9.17) is 21.3 Å². The molecule has 7 nitrogen and oxygen atoms in total. The lowest BCUT2D eigenvalue weighted by Crippen LogP contribution is -2.38. The summed E-state index contributed by atoms with van der Waals surface area (Å²) < 4.78 is 7.47. The van der Waals surface area contributed by atoms with Gasteiger partial charge in [0.05, 0.1) is 11.0 Å². The van der Waals surface area contributed by atoms with Gasteiger partial charge < -0.3 is 19.5 Å². The van der Waals surface area contributed by atoms with E-state index in [1.165, 1.54) is 5.56 Å². The van der Waals surface area contributed by atoms with Crippen molar-refractivity contribution in [2.75, 3.05) is 24.6 Å². The van der Waals surface area contributed by atoms with E-state index in [9.17, 15) is 9.59 Å². The number of aromatic nitrogens is 2. The fraction of sp³-hybridized carbons (Fsp3) is 0.250. The lowest BCUT2D eigenvalue weighted by molar-refractivity contribution is -0.123. The first kappa shape index (κ1) is 23.9. The van der Waals surface area contributed by atoms with Gasteiger partial charge in [0.2, 0.25) is 5.91 Å².